The summed E-state index contributed by atoms with van der Waals surface area (Å²) >= 11 is 0. The topological polar surface area (TPSA) is 75.4 Å². The van der Waals surface area contributed by atoms with Crippen molar-refractivity contribution < 1.29 is 14.0 Å². The zero-order valence-electron chi connectivity index (χ0n) is 17.0. The van der Waals surface area contributed by atoms with Gasteiger partial charge in [-0.2, -0.15) is 0 Å². The van der Waals surface area contributed by atoms with Crippen LogP contribution in [0.1, 0.15) is 58.5 Å². The van der Waals surface area contributed by atoms with Crippen LogP contribution in [-0.4, -0.2) is 34.8 Å². The van der Waals surface area contributed by atoms with Crippen molar-refractivity contribution in [2.24, 2.45) is 0 Å². The first kappa shape index (κ1) is 22.1. The van der Waals surface area contributed by atoms with Crippen LogP contribution in [0.5, 0.6) is 0 Å². The van der Waals surface area contributed by atoms with Crippen LogP contribution in [0.25, 0.3) is 0 Å². The molecule has 0 bridgehead atoms. The van der Waals surface area contributed by atoms with E-state index in [4.69, 9.17) is 4.42 Å². The number of carbonyl (C=O) groups is 2. The summed E-state index contributed by atoms with van der Waals surface area (Å²) in [4.78, 5) is 30.6. The summed E-state index contributed by atoms with van der Waals surface area (Å²) in [7, 11) is 0. The standard InChI is InChI=1S/C23H29N3O3/c1-4-7-8-9-18-10-12-19(13-11-18)23(28)26(15-6-3)16-21-25-20(17-29-21)22(27)24-14-5-2/h5-6,10-13,17H,2-4,7-9,14-16H2,1H3,(H,24,27). The number of carbonyl (C=O) groups excluding carboxylic acids is 2. The van der Waals surface area contributed by atoms with E-state index in [0.717, 1.165) is 12.8 Å². The van der Waals surface area contributed by atoms with E-state index >= 15 is 0 Å². The quantitative estimate of drug-likeness (QED) is 0.433. The van der Waals surface area contributed by atoms with Gasteiger partial charge in [-0.1, -0.05) is 44.1 Å². The van der Waals surface area contributed by atoms with Crippen molar-refractivity contribution in [2.75, 3.05) is 13.1 Å². The molecule has 0 saturated heterocycles. The predicted octanol–water partition coefficient (Wildman–Crippen LogP) is 4.15. The maximum atomic E-state index is 12.9. The van der Waals surface area contributed by atoms with E-state index < -0.39 is 0 Å². The first-order chi connectivity index (χ1) is 14.1. The van der Waals surface area contributed by atoms with Gasteiger partial charge in [-0.15, -0.1) is 13.2 Å². The number of hydrogen-bond donors (Lipinski definition) is 1. The molecule has 0 aliphatic rings. The number of oxazole rings is 1. The predicted molar refractivity (Wildman–Crippen MR) is 114 cm³/mol. The molecule has 6 nitrogen and oxygen atoms in total. The van der Waals surface area contributed by atoms with Crippen LogP contribution >= 0.6 is 0 Å². The Morgan fingerprint density at radius 1 is 1.17 bits per heavy atom. The van der Waals surface area contributed by atoms with E-state index in [-0.39, 0.29) is 24.1 Å². The molecule has 1 heterocycles. The molecule has 0 aliphatic carbocycles. The third-order valence-corrected chi connectivity index (χ3v) is 4.42. The molecule has 0 saturated carbocycles. The third-order valence-electron chi connectivity index (χ3n) is 4.42. The van der Waals surface area contributed by atoms with Crippen LogP contribution in [0.15, 0.2) is 60.3 Å². The largest absolute Gasteiger partial charge is 0.446 e. The Hall–Kier alpha value is -3.15. The van der Waals surface area contributed by atoms with Crippen LogP contribution in [-0.2, 0) is 13.0 Å². The molecule has 0 aliphatic heterocycles. The summed E-state index contributed by atoms with van der Waals surface area (Å²) in [6, 6.07) is 7.71. The zero-order valence-corrected chi connectivity index (χ0v) is 17.0. The van der Waals surface area contributed by atoms with Gasteiger partial charge in [0, 0.05) is 18.7 Å². The molecule has 0 atom stereocenters. The Balaban J connectivity index is 2.04. The molecule has 1 aromatic heterocycles. The summed E-state index contributed by atoms with van der Waals surface area (Å²) in [6.45, 7) is 10.3. The number of aromatic nitrogens is 1. The highest BCUT2D eigenvalue weighted by atomic mass is 16.3. The first-order valence-electron chi connectivity index (χ1n) is 9.91. The van der Waals surface area contributed by atoms with Crippen molar-refractivity contribution >= 4 is 11.8 Å². The molecule has 2 rings (SSSR count). The van der Waals surface area contributed by atoms with E-state index in [9.17, 15) is 9.59 Å². The summed E-state index contributed by atoms with van der Waals surface area (Å²) in [6.07, 6.45) is 9.08. The average Bonchev–Trinajstić information content (AvgIpc) is 3.20. The SMILES string of the molecule is C=CCNC(=O)c1coc(CN(CC=C)C(=O)c2ccc(CCCCC)cc2)n1. The van der Waals surface area contributed by atoms with Gasteiger partial charge < -0.3 is 14.6 Å². The second-order valence-electron chi connectivity index (χ2n) is 6.75. The summed E-state index contributed by atoms with van der Waals surface area (Å²) in [5, 5.41) is 2.64. The average molecular weight is 396 g/mol. The lowest BCUT2D eigenvalue weighted by Crippen LogP contribution is -2.31. The Morgan fingerprint density at radius 3 is 2.59 bits per heavy atom. The summed E-state index contributed by atoms with van der Waals surface area (Å²) in [5.41, 5.74) is 2.00. The Morgan fingerprint density at radius 2 is 1.93 bits per heavy atom. The molecule has 1 N–H and O–H groups in total. The second kappa shape index (κ2) is 11.6. The van der Waals surface area contributed by atoms with Crippen LogP contribution in [0, 0.1) is 0 Å². The molecule has 2 amide bonds. The molecular formula is C23H29N3O3. The first-order valence-corrected chi connectivity index (χ1v) is 9.91. The highest BCUT2D eigenvalue weighted by molar-refractivity contribution is 5.94. The van der Waals surface area contributed by atoms with Gasteiger partial charge in [0.25, 0.3) is 11.8 Å². The summed E-state index contributed by atoms with van der Waals surface area (Å²) in [5.74, 6) is -0.193. The highest BCUT2D eigenvalue weighted by Crippen LogP contribution is 2.13. The molecular weight excluding hydrogens is 366 g/mol. The molecule has 0 fully saturated rings. The lowest BCUT2D eigenvalue weighted by Gasteiger charge is -2.19. The molecule has 29 heavy (non-hydrogen) atoms. The molecule has 2 aromatic rings. The number of nitrogens with one attached hydrogen (secondary N) is 1. The molecule has 154 valence electrons. The van der Waals surface area contributed by atoms with Gasteiger partial charge in [0.15, 0.2) is 5.69 Å². The van der Waals surface area contributed by atoms with Gasteiger partial charge in [-0.3, -0.25) is 9.59 Å². The molecule has 0 radical (unpaired) electrons. The maximum absolute atomic E-state index is 12.9. The Labute approximate surface area is 172 Å². The van der Waals surface area contributed by atoms with Crippen molar-refractivity contribution in [1.82, 2.24) is 15.2 Å². The number of aryl methyl sites for hydroxylation is 1. The molecule has 0 unspecified atom stereocenters. The number of rotatable bonds is 12. The van der Waals surface area contributed by atoms with Crippen LogP contribution in [0.2, 0.25) is 0 Å². The molecule has 0 spiro atoms. The van der Waals surface area contributed by atoms with Gasteiger partial charge in [0.1, 0.15) is 6.26 Å². The van der Waals surface area contributed by atoms with Gasteiger partial charge in [-0.25, -0.2) is 4.98 Å². The normalized spacial score (nSPS) is 10.4. The van der Waals surface area contributed by atoms with Crippen molar-refractivity contribution in [3.05, 3.63) is 78.6 Å². The maximum Gasteiger partial charge on any atom is 0.273 e. The molecule has 1 aromatic carbocycles. The minimum Gasteiger partial charge on any atom is -0.446 e. The van der Waals surface area contributed by atoms with Crippen LogP contribution < -0.4 is 5.32 Å². The van der Waals surface area contributed by atoms with Gasteiger partial charge in [0.2, 0.25) is 5.89 Å². The van der Waals surface area contributed by atoms with Gasteiger partial charge in [-0.05, 0) is 30.5 Å². The fraction of sp³-hybridized carbons (Fsp3) is 0.348. The van der Waals surface area contributed by atoms with Crippen LogP contribution in [0.4, 0.5) is 0 Å². The van der Waals surface area contributed by atoms with Crippen molar-refractivity contribution in [2.45, 2.75) is 39.2 Å². The van der Waals surface area contributed by atoms with Crippen molar-refractivity contribution in [3.8, 4) is 0 Å². The van der Waals surface area contributed by atoms with Crippen molar-refractivity contribution in [3.63, 3.8) is 0 Å². The highest BCUT2D eigenvalue weighted by Gasteiger charge is 2.19. The van der Waals surface area contributed by atoms with E-state index in [2.05, 4.69) is 30.4 Å². The number of unbranched alkanes of at least 4 members (excludes halogenated alkanes) is 2. The third kappa shape index (κ3) is 6.75. The Bertz CT molecular complexity index is 824. The second-order valence-corrected chi connectivity index (χ2v) is 6.75. The number of nitrogens with zero attached hydrogens (tertiary/aromatic N) is 2. The fourth-order valence-electron chi connectivity index (χ4n) is 2.86. The summed E-state index contributed by atoms with van der Waals surface area (Å²) < 4.78 is 5.38. The van der Waals surface area contributed by atoms with Crippen molar-refractivity contribution in [1.29, 1.82) is 0 Å². The van der Waals surface area contributed by atoms with E-state index in [1.54, 1.807) is 17.1 Å². The van der Waals surface area contributed by atoms with E-state index in [0.29, 0.717) is 24.5 Å². The fourth-order valence-corrected chi connectivity index (χ4v) is 2.86. The van der Waals surface area contributed by atoms with Crippen LogP contribution in [0.3, 0.4) is 0 Å². The van der Waals surface area contributed by atoms with E-state index in [1.807, 2.05) is 24.3 Å². The minimum atomic E-state index is -0.347. The lowest BCUT2D eigenvalue weighted by molar-refractivity contribution is 0.0749. The van der Waals surface area contributed by atoms with E-state index in [1.165, 1.54) is 24.7 Å². The van der Waals surface area contributed by atoms with Gasteiger partial charge >= 0.3 is 0 Å². The Kier molecular flexibility index (Phi) is 8.89. The monoisotopic (exact) mass is 395 g/mol. The smallest absolute Gasteiger partial charge is 0.273 e. The lowest BCUT2D eigenvalue weighted by atomic mass is 10.0. The van der Waals surface area contributed by atoms with Gasteiger partial charge in [0.05, 0.1) is 6.54 Å². The number of amides is 2. The minimum absolute atomic E-state index is 0.138. The molecule has 6 heteroatoms. The number of benzene rings is 1. The number of hydrogen-bond acceptors (Lipinski definition) is 4. The zero-order chi connectivity index (χ0) is 21.1.